The number of rotatable bonds is 2. The molecule has 0 bridgehead atoms. The van der Waals surface area contributed by atoms with E-state index in [9.17, 15) is 4.79 Å². The van der Waals surface area contributed by atoms with Gasteiger partial charge in [-0.25, -0.2) is 9.67 Å². The summed E-state index contributed by atoms with van der Waals surface area (Å²) in [7, 11) is 0. The highest BCUT2D eigenvalue weighted by Crippen LogP contribution is 2.32. The van der Waals surface area contributed by atoms with Crippen molar-refractivity contribution in [3.05, 3.63) is 23.0 Å². The Bertz CT molecular complexity index is 762. The SMILES string of the molecule is CC(C)n1ncc2c(C(=O)N3CCSCC3)c3c(nc21)CCC3. The van der Waals surface area contributed by atoms with E-state index < -0.39 is 0 Å². The predicted molar refractivity (Wildman–Crippen MR) is 93.2 cm³/mol. The zero-order chi connectivity index (χ0) is 16.0. The van der Waals surface area contributed by atoms with Crippen molar-refractivity contribution in [2.45, 2.75) is 39.2 Å². The maximum atomic E-state index is 13.2. The number of hydrogen-bond acceptors (Lipinski definition) is 4. The maximum absolute atomic E-state index is 13.2. The van der Waals surface area contributed by atoms with Crippen LogP contribution in [0.2, 0.25) is 0 Å². The molecule has 1 aliphatic heterocycles. The molecule has 5 nitrogen and oxygen atoms in total. The summed E-state index contributed by atoms with van der Waals surface area (Å²) in [5, 5.41) is 5.44. The van der Waals surface area contributed by atoms with E-state index in [0.29, 0.717) is 0 Å². The van der Waals surface area contributed by atoms with Crippen molar-refractivity contribution >= 4 is 28.7 Å². The average molecular weight is 330 g/mol. The van der Waals surface area contributed by atoms with Crippen LogP contribution in [0.25, 0.3) is 11.0 Å². The van der Waals surface area contributed by atoms with E-state index in [1.165, 1.54) is 5.56 Å². The Kier molecular flexibility index (Phi) is 3.79. The van der Waals surface area contributed by atoms with Gasteiger partial charge >= 0.3 is 0 Å². The highest BCUT2D eigenvalue weighted by atomic mass is 32.2. The molecular formula is C17H22N4OS. The average Bonchev–Trinajstić information content (AvgIpc) is 3.19. The Morgan fingerprint density at radius 2 is 2.04 bits per heavy atom. The topological polar surface area (TPSA) is 51.0 Å². The van der Waals surface area contributed by atoms with Crippen LogP contribution < -0.4 is 0 Å². The van der Waals surface area contributed by atoms with E-state index in [1.54, 1.807) is 0 Å². The van der Waals surface area contributed by atoms with Gasteiger partial charge in [0, 0.05) is 36.3 Å². The van der Waals surface area contributed by atoms with E-state index in [0.717, 1.165) is 66.1 Å². The number of amides is 1. The van der Waals surface area contributed by atoms with Crippen LogP contribution in [0.1, 0.15) is 47.9 Å². The Hall–Kier alpha value is -1.56. The molecule has 2 aliphatic rings. The molecule has 1 amide bonds. The minimum Gasteiger partial charge on any atom is -0.337 e. The number of carbonyl (C=O) groups excluding carboxylic acids is 1. The van der Waals surface area contributed by atoms with Crippen molar-refractivity contribution in [3.63, 3.8) is 0 Å². The number of pyridine rings is 1. The number of thioether (sulfide) groups is 1. The van der Waals surface area contributed by atoms with E-state index >= 15 is 0 Å². The smallest absolute Gasteiger partial charge is 0.255 e. The molecular weight excluding hydrogens is 308 g/mol. The maximum Gasteiger partial charge on any atom is 0.255 e. The van der Waals surface area contributed by atoms with Gasteiger partial charge in [0.25, 0.3) is 5.91 Å². The van der Waals surface area contributed by atoms with Gasteiger partial charge in [0.15, 0.2) is 5.65 Å². The van der Waals surface area contributed by atoms with Crippen molar-refractivity contribution < 1.29 is 4.79 Å². The summed E-state index contributed by atoms with van der Waals surface area (Å²) in [6, 6.07) is 0.244. The lowest BCUT2D eigenvalue weighted by atomic mass is 10.0. The first-order valence-electron chi connectivity index (χ1n) is 8.43. The van der Waals surface area contributed by atoms with E-state index in [-0.39, 0.29) is 11.9 Å². The van der Waals surface area contributed by atoms with Crippen LogP contribution in [0, 0.1) is 0 Å². The quantitative estimate of drug-likeness (QED) is 0.849. The molecule has 0 radical (unpaired) electrons. The van der Waals surface area contributed by atoms with Gasteiger partial charge < -0.3 is 4.90 Å². The highest BCUT2D eigenvalue weighted by molar-refractivity contribution is 7.99. The number of fused-ring (bicyclic) bond motifs is 2. The third-order valence-corrected chi connectivity index (χ3v) is 5.71. The van der Waals surface area contributed by atoms with Gasteiger partial charge in [-0.2, -0.15) is 16.9 Å². The van der Waals surface area contributed by atoms with E-state index in [4.69, 9.17) is 4.98 Å². The van der Waals surface area contributed by atoms with Crippen molar-refractivity contribution in [1.82, 2.24) is 19.7 Å². The standard InChI is InChI=1S/C17H22N4OS/c1-11(2)21-16-13(10-18-21)15(12-4-3-5-14(12)19-16)17(22)20-6-8-23-9-7-20/h10-11H,3-9H2,1-2H3. The van der Waals surface area contributed by atoms with Gasteiger partial charge in [0.2, 0.25) is 0 Å². The van der Waals surface area contributed by atoms with E-state index in [2.05, 4.69) is 18.9 Å². The fourth-order valence-corrected chi connectivity index (χ4v) is 4.50. The molecule has 122 valence electrons. The number of nitrogens with zero attached hydrogens (tertiary/aromatic N) is 4. The van der Waals surface area contributed by atoms with Crippen LogP contribution in [0.5, 0.6) is 0 Å². The Morgan fingerprint density at radius 3 is 2.78 bits per heavy atom. The lowest BCUT2D eigenvalue weighted by Gasteiger charge is -2.27. The summed E-state index contributed by atoms with van der Waals surface area (Å²) in [6.45, 7) is 5.90. The van der Waals surface area contributed by atoms with Crippen molar-refractivity contribution in [2.75, 3.05) is 24.6 Å². The monoisotopic (exact) mass is 330 g/mol. The molecule has 0 aromatic carbocycles. The van der Waals surface area contributed by atoms with Crippen LogP contribution in [0.3, 0.4) is 0 Å². The van der Waals surface area contributed by atoms with Gasteiger partial charge in [-0.15, -0.1) is 0 Å². The van der Waals surface area contributed by atoms with Crippen molar-refractivity contribution in [2.24, 2.45) is 0 Å². The zero-order valence-electron chi connectivity index (χ0n) is 13.7. The van der Waals surface area contributed by atoms with Gasteiger partial charge in [-0.05, 0) is 38.7 Å². The molecule has 0 N–H and O–H groups in total. The van der Waals surface area contributed by atoms with Gasteiger partial charge in [-0.1, -0.05) is 0 Å². The summed E-state index contributed by atoms with van der Waals surface area (Å²) in [5.74, 6) is 2.25. The van der Waals surface area contributed by atoms with Gasteiger partial charge in [0.1, 0.15) is 0 Å². The van der Waals surface area contributed by atoms with Crippen molar-refractivity contribution in [1.29, 1.82) is 0 Å². The largest absolute Gasteiger partial charge is 0.337 e. The molecule has 1 aliphatic carbocycles. The normalized spacial score (nSPS) is 18.0. The zero-order valence-corrected chi connectivity index (χ0v) is 14.5. The summed E-state index contributed by atoms with van der Waals surface area (Å²) in [4.78, 5) is 20.1. The third kappa shape index (κ3) is 2.43. The summed E-state index contributed by atoms with van der Waals surface area (Å²) < 4.78 is 1.94. The molecule has 0 saturated carbocycles. The molecule has 0 atom stereocenters. The molecule has 3 heterocycles. The Balaban J connectivity index is 1.88. The minimum atomic E-state index is 0.180. The Labute approximate surface area is 140 Å². The fraction of sp³-hybridized carbons (Fsp3) is 0.588. The number of hydrogen-bond donors (Lipinski definition) is 0. The summed E-state index contributed by atoms with van der Waals surface area (Å²) in [6.07, 6.45) is 4.88. The molecule has 1 saturated heterocycles. The van der Waals surface area contributed by atoms with Gasteiger partial charge in [-0.3, -0.25) is 4.79 Å². The summed E-state index contributed by atoms with van der Waals surface area (Å²) >= 11 is 1.93. The third-order valence-electron chi connectivity index (χ3n) is 4.77. The number of aryl methyl sites for hydroxylation is 1. The predicted octanol–water partition coefficient (Wildman–Crippen LogP) is 2.69. The second kappa shape index (κ2) is 5.82. The molecule has 23 heavy (non-hydrogen) atoms. The lowest BCUT2D eigenvalue weighted by molar-refractivity contribution is 0.0773. The second-order valence-electron chi connectivity index (χ2n) is 6.59. The highest BCUT2D eigenvalue weighted by Gasteiger charge is 2.29. The van der Waals surface area contributed by atoms with E-state index in [1.807, 2.05) is 27.5 Å². The van der Waals surface area contributed by atoms with Crippen molar-refractivity contribution in [3.8, 4) is 0 Å². The first-order valence-corrected chi connectivity index (χ1v) is 9.58. The summed E-state index contributed by atoms with van der Waals surface area (Å²) in [5.41, 5.74) is 4.02. The van der Waals surface area contributed by atoms with Crippen LogP contribution in [0.15, 0.2) is 6.20 Å². The number of carbonyl (C=O) groups is 1. The molecule has 2 aromatic heterocycles. The van der Waals surface area contributed by atoms with Crippen LogP contribution in [-0.2, 0) is 12.8 Å². The van der Waals surface area contributed by atoms with Gasteiger partial charge in [0.05, 0.1) is 17.1 Å². The van der Waals surface area contributed by atoms with Crippen LogP contribution >= 0.6 is 11.8 Å². The molecule has 1 fully saturated rings. The molecule has 2 aromatic rings. The van der Waals surface area contributed by atoms with Crippen LogP contribution in [-0.4, -0.2) is 50.2 Å². The molecule has 4 rings (SSSR count). The Morgan fingerprint density at radius 1 is 1.26 bits per heavy atom. The lowest BCUT2D eigenvalue weighted by Crippen LogP contribution is -2.38. The first kappa shape index (κ1) is 15.0. The number of aromatic nitrogens is 3. The first-order chi connectivity index (χ1) is 11.2. The second-order valence-corrected chi connectivity index (χ2v) is 7.82. The van der Waals surface area contributed by atoms with Crippen LogP contribution in [0.4, 0.5) is 0 Å². The minimum absolute atomic E-state index is 0.180. The fourth-order valence-electron chi connectivity index (χ4n) is 3.60. The molecule has 6 heteroatoms. The molecule has 0 spiro atoms. The molecule has 0 unspecified atom stereocenters.